The monoisotopic (exact) mass is 130 g/mol. The molecule has 0 aromatic heterocycles. The molecule has 1 aliphatic rings. The molecule has 0 spiro atoms. The first-order valence-corrected chi connectivity index (χ1v) is 4.18. The largest absolute Gasteiger partial charge is 0.131 e. The number of rotatable bonds is 0. The summed E-state index contributed by atoms with van der Waals surface area (Å²) in [6, 6.07) is 0. The predicted octanol–water partition coefficient (Wildman–Crippen LogP) is 3.05. The van der Waals surface area contributed by atoms with Gasteiger partial charge in [-0.25, -0.2) is 0 Å². The van der Waals surface area contributed by atoms with Gasteiger partial charge in [0.2, 0.25) is 0 Å². The summed E-state index contributed by atoms with van der Waals surface area (Å²) in [4.78, 5) is 1.50. The van der Waals surface area contributed by atoms with Crippen LogP contribution in [-0.2, 0) is 0 Å². The second-order valence-electron chi connectivity index (χ2n) is 1.45. The summed E-state index contributed by atoms with van der Waals surface area (Å²) in [7, 11) is 0. The number of hydrogen-bond acceptors (Lipinski definition) is 1. The van der Waals surface area contributed by atoms with Crippen LogP contribution in [0.3, 0.4) is 0 Å². The Kier molecular flexibility index (Phi) is 5.29. The summed E-state index contributed by atoms with van der Waals surface area (Å²) in [6.45, 7) is 6.16. The molecule has 0 aliphatic carbocycles. The van der Waals surface area contributed by atoms with Crippen molar-refractivity contribution in [3.8, 4) is 0 Å². The van der Waals surface area contributed by atoms with E-state index in [1.54, 1.807) is 0 Å². The molecule has 1 heterocycles. The zero-order valence-corrected chi connectivity index (χ0v) is 6.72. The van der Waals surface area contributed by atoms with E-state index in [2.05, 4.69) is 13.0 Å². The zero-order chi connectivity index (χ0) is 6.41. The van der Waals surface area contributed by atoms with E-state index >= 15 is 0 Å². The van der Waals surface area contributed by atoms with Crippen molar-refractivity contribution in [1.29, 1.82) is 0 Å². The first kappa shape index (κ1) is 8.09. The normalized spacial score (nSPS) is 16.6. The number of hydrogen-bond donors (Lipinski definition) is 0. The van der Waals surface area contributed by atoms with Crippen LogP contribution in [0.5, 0.6) is 0 Å². The molecule has 0 radical (unpaired) electrons. The zero-order valence-electron chi connectivity index (χ0n) is 5.90. The van der Waals surface area contributed by atoms with Crippen molar-refractivity contribution in [1.82, 2.24) is 0 Å². The van der Waals surface area contributed by atoms with Gasteiger partial charge in [-0.05, 0) is 18.2 Å². The van der Waals surface area contributed by atoms with E-state index in [1.807, 2.05) is 25.6 Å². The van der Waals surface area contributed by atoms with E-state index in [-0.39, 0.29) is 0 Å². The van der Waals surface area contributed by atoms with Gasteiger partial charge in [0.25, 0.3) is 0 Å². The molecule has 0 saturated heterocycles. The molecule has 0 amide bonds. The van der Waals surface area contributed by atoms with E-state index in [1.165, 1.54) is 17.1 Å². The van der Waals surface area contributed by atoms with Gasteiger partial charge < -0.3 is 0 Å². The summed E-state index contributed by atoms with van der Waals surface area (Å²) < 4.78 is 0. The lowest BCUT2D eigenvalue weighted by atomic mass is 10.4. The predicted molar refractivity (Wildman–Crippen MR) is 42.2 cm³/mol. The lowest BCUT2D eigenvalue weighted by Gasteiger charge is -1.80. The molecule has 0 aromatic rings. The molecular formula is C7H14S. The first-order chi connectivity index (χ1) is 3.89. The summed E-state index contributed by atoms with van der Waals surface area (Å²) >= 11 is 1.96. The van der Waals surface area contributed by atoms with Crippen molar-refractivity contribution >= 4 is 11.8 Å². The molecule has 1 rings (SSSR count). The highest BCUT2D eigenvalue weighted by Gasteiger charge is 1.95. The topological polar surface area (TPSA) is 0 Å². The fourth-order valence-corrected chi connectivity index (χ4v) is 1.33. The molecule has 8 heavy (non-hydrogen) atoms. The van der Waals surface area contributed by atoms with Crippen LogP contribution >= 0.6 is 11.8 Å². The maximum Gasteiger partial charge on any atom is 0.00116 e. The maximum atomic E-state index is 2.28. The van der Waals surface area contributed by atoms with Gasteiger partial charge in [-0.3, -0.25) is 0 Å². The molecular weight excluding hydrogens is 116 g/mol. The van der Waals surface area contributed by atoms with Crippen molar-refractivity contribution in [3.05, 3.63) is 11.0 Å². The van der Waals surface area contributed by atoms with Crippen molar-refractivity contribution < 1.29 is 0 Å². The quantitative estimate of drug-likeness (QED) is 0.485. The summed E-state index contributed by atoms with van der Waals surface area (Å²) in [5.41, 5.74) is 0. The molecule has 0 bridgehead atoms. The van der Waals surface area contributed by atoms with Crippen molar-refractivity contribution in [3.63, 3.8) is 0 Å². The van der Waals surface area contributed by atoms with Crippen LogP contribution in [0.25, 0.3) is 0 Å². The molecule has 1 heteroatoms. The fourth-order valence-electron chi connectivity index (χ4n) is 0.541. The molecule has 0 nitrogen and oxygen atoms in total. The minimum absolute atomic E-state index is 1.29. The van der Waals surface area contributed by atoms with Crippen LogP contribution in [0, 0.1) is 0 Å². The van der Waals surface area contributed by atoms with Gasteiger partial charge in [0.05, 0.1) is 0 Å². The van der Waals surface area contributed by atoms with E-state index < -0.39 is 0 Å². The Morgan fingerprint density at radius 3 is 2.25 bits per heavy atom. The Hall–Kier alpha value is 0.0900. The van der Waals surface area contributed by atoms with Crippen LogP contribution in [0.1, 0.15) is 27.2 Å². The third kappa shape index (κ3) is 3.14. The van der Waals surface area contributed by atoms with E-state index in [4.69, 9.17) is 0 Å². The molecule has 0 fully saturated rings. The van der Waals surface area contributed by atoms with Crippen molar-refractivity contribution in [2.75, 3.05) is 5.75 Å². The minimum Gasteiger partial charge on any atom is -0.131 e. The molecule has 0 atom stereocenters. The molecule has 0 aromatic carbocycles. The van der Waals surface area contributed by atoms with Crippen molar-refractivity contribution in [2.45, 2.75) is 27.2 Å². The Balaban J connectivity index is 0.000000222. The lowest BCUT2D eigenvalue weighted by molar-refractivity contribution is 1.27. The van der Waals surface area contributed by atoms with Crippen LogP contribution in [0.4, 0.5) is 0 Å². The molecule has 0 saturated carbocycles. The van der Waals surface area contributed by atoms with Gasteiger partial charge in [-0.2, -0.15) is 0 Å². The van der Waals surface area contributed by atoms with Gasteiger partial charge in [0.1, 0.15) is 0 Å². The highest BCUT2D eigenvalue weighted by molar-refractivity contribution is 8.03. The third-order valence-electron chi connectivity index (χ3n) is 0.879. The van der Waals surface area contributed by atoms with Crippen LogP contribution in [0.2, 0.25) is 0 Å². The standard InChI is InChI=1S/C5H8S.C2H6/c1-5-3-2-4-6-5;1-2/h3H,2,4H2,1H3;1-2H3. The van der Waals surface area contributed by atoms with Crippen LogP contribution in [0.15, 0.2) is 11.0 Å². The Bertz CT molecular complexity index is 74.5. The Morgan fingerprint density at radius 1 is 1.50 bits per heavy atom. The highest BCUT2D eigenvalue weighted by atomic mass is 32.2. The number of allylic oxidation sites excluding steroid dienone is 2. The maximum absolute atomic E-state index is 2.28. The van der Waals surface area contributed by atoms with Gasteiger partial charge in [0, 0.05) is 5.75 Å². The van der Waals surface area contributed by atoms with Crippen molar-refractivity contribution in [2.24, 2.45) is 0 Å². The van der Waals surface area contributed by atoms with E-state index in [9.17, 15) is 0 Å². The van der Waals surface area contributed by atoms with Gasteiger partial charge in [-0.1, -0.05) is 19.9 Å². The SMILES string of the molecule is CC.CC1=CCCS1. The van der Waals surface area contributed by atoms with Crippen LogP contribution < -0.4 is 0 Å². The smallest absolute Gasteiger partial charge is 0.00116 e. The van der Waals surface area contributed by atoms with Gasteiger partial charge in [0.15, 0.2) is 0 Å². The molecule has 0 N–H and O–H groups in total. The molecule has 48 valence electrons. The molecule has 1 aliphatic heterocycles. The second kappa shape index (κ2) is 5.23. The van der Waals surface area contributed by atoms with E-state index in [0.29, 0.717) is 0 Å². The highest BCUT2D eigenvalue weighted by Crippen LogP contribution is 2.22. The van der Waals surface area contributed by atoms with Crippen LogP contribution in [-0.4, -0.2) is 5.75 Å². The summed E-state index contributed by atoms with van der Waals surface area (Å²) in [5, 5.41) is 0. The Morgan fingerprint density at radius 2 is 2.12 bits per heavy atom. The van der Waals surface area contributed by atoms with E-state index in [0.717, 1.165) is 0 Å². The average Bonchev–Trinajstić information content (AvgIpc) is 2.24. The first-order valence-electron chi connectivity index (χ1n) is 3.19. The fraction of sp³-hybridized carbons (Fsp3) is 0.714. The van der Waals surface area contributed by atoms with Gasteiger partial charge in [-0.15, -0.1) is 11.8 Å². The minimum atomic E-state index is 1.29. The number of thioether (sulfide) groups is 1. The molecule has 0 unspecified atom stereocenters. The third-order valence-corrected chi connectivity index (χ3v) is 1.94. The summed E-state index contributed by atoms with van der Waals surface area (Å²) in [5.74, 6) is 1.31. The van der Waals surface area contributed by atoms with Gasteiger partial charge >= 0.3 is 0 Å². The summed E-state index contributed by atoms with van der Waals surface area (Å²) in [6.07, 6.45) is 3.57. The second-order valence-corrected chi connectivity index (χ2v) is 2.79. The lowest BCUT2D eigenvalue weighted by Crippen LogP contribution is -1.57. The Labute approximate surface area is 56.4 Å². The average molecular weight is 130 g/mol.